The standard InChI is InChI=1S/C8H8ClF2NO2S/c9-6-3-5(1-2-7(6)12)15(13,14)4-8(10)11/h1-3,8H,4,12H2. The highest BCUT2D eigenvalue weighted by Crippen LogP contribution is 2.23. The Bertz CT molecular complexity index is 462. The maximum Gasteiger partial charge on any atom is 0.252 e. The summed E-state index contributed by atoms with van der Waals surface area (Å²) in [5.74, 6) is -1.22. The van der Waals surface area contributed by atoms with Gasteiger partial charge in [0.05, 0.1) is 15.6 Å². The minimum atomic E-state index is -3.99. The molecule has 0 aliphatic heterocycles. The highest BCUT2D eigenvalue weighted by molar-refractivity contribution is 7.91. The van der Waals surface area contributed by atoms with Crippen LogP contribution in [0.2, 0.25) is 5.02 Å². The van der Waals surface area contributed by atoms with Crippen LogP contribution in [0.5, 0.6) is 0 Å². The molecule has 1 aromatic rings. The molecule has 2 N–H and O–H groups in total. The molecule has 0 aliphatic carbocycles. The van der Waals surface area contributed by atoms with Crippen molar-refractivity contribution in [3.8, 4) is 0 Å². The van der Waals surface area contributed by atoms with Crippen molar-refractivity contribution in [3.05, 3.63) is 23.2 Å². The van der Waals surface area contributed by atoms with Crippen molar-refractivity contribution in [1.29, 1.82) is 0 Å². The maximum absolute atomic E-state index is 12.0. The fourth-order valence-electron chi connectivity index (χ4n) is 0.963. The van der Waals surface area contributed by atoms with E-state index < -0.39 is 22.0 Å². The topological polar surface area (TPSA) is 60.2 Å². The van der Waals surface area contributed by atoms with Crippen molar-refractivity contribution in [2.24, 2.45) is 0 Å². The van der Waals surface area contributed by atoms with Gasteiger partial charge in [-0.2, -0.15) is 0 Å². The number of hydrogen-bond acceptors (Lipinski definition) is 3. The normalized spacial score (nSPS) is 12.0. The van der Waals surface area contributed by atoms with Crippen LogP contribution < -0.4 is 5.73 Å². The monoisotopic (exact) mass is 255 g/mol. The van der Waals surface area contributed by atoms with E-state index >= 15 is 0 Å². The summed E-state index contributed by atoms with van der Waals surface area (Å²) >= 11 is 5.58. The van der Waals surface area contributed by atoms with Gasteiger partial charge in [0.25, 0.3) is 6.43 Å². The van der Waals surface area contributed by atoms with Crippen LogP contribution in [0.4, 0.5) is 14.5 Å². The number of nitrogen functional groups attached to an aromatic ring is 1. The summed E-state index contributed by atoms with van der Waals surface area (Å²) in [5.41, 5.74) is 5.56. The Balaban J connectivity index is 3.11. The third-order valence-electron chi connectivity index (χ3n) is 1.68. The molecule has 0 bridgehead atoms. The van der Waals surface area contributed by atoms with Crippen molar-refractivity contribution in [3.63, 3.8) is 0 Å². The molecule has 0 spiro atoms. The molecule has 1 rings (SSSR count). The van der Waals surface area contributed by atoms with Gasteiger partial charge in [0.1, 0.15) is 5.75 Å². The van der Waals surface area contributed by atoms with E-state index in [1.165, 1.54) is 6.07 Å². The van der Waals surface area contributed by atoms with Gasteiger partial charge in [-0.3, -0.25) is 0 Å². The van der Waals surface area contributed by atoms with Gasteiger partial charge < -0.3 is 5.73 Å². The molecule has 3 nitrogen and oxygen atoms in total. The lowest BCUT2D eigenvalue weighted by Crippen LogP contribution is -2.13. The first-order valence-electron chi connectivity index (χ1n) is 3.89. The zero-order valence-electron chi connectivity index (χ0n) is 7.45. The third-order valence-corrected chi connectivity index (χ3v) is 3.67. The van der Waals surface area contributed by atoms with Crippen molar-refractivity contribution in [1.82, 2.24) is 0 Å². The third kappa shape index (κ3) is 3.04. The zero-order valence-corrected chi connectivity index (χ0v) is 9.02. The van der Waals surface area contributed by atoms with E-state index in [1.807, 2.05) is 0 Å². The van der Waals surface area contributed by atoms with E-state index in [0.717, 1.165) is 12.1 Å². The summed E-state index contributed by atoms with van der Waals surface area (Å²) < 4.78 is 46.6. The highest BCUT2D eigenvalue weighted by Gasteiger charge is 2.20. The van der Waals surface area contributed by atoms with Gasteiger partial charge in [-0.25, -0.2) is 17.2 Å². The van der Waals surface area contributed by atoms with Crippen LogP contribution in [0.25, 0.3) is 0 Å². The predicted molar refractivity (Wildman–Crippen MR) is 53.9 cm³/mol. The first-order chi connectivity index (χ1) is 6.83. The molecule has 0 radical (unpaired) electrons. The Hall–Kier alpha value is -0.880. The van der Waals surface area contributed by atoms with Gasteiger partial charge in [0.2, 0.25) is 0 Å². The number of benzene rings is 1. The number of anilines is 1. The van der Waals surface area contributed by atoms with Gasteiger partial charge in [-0.1, -0.05) is 11.6 Å². The van der Waals surface area contributed by atoms with Gasteiger partial charge in [-0.15, -0.1) is 0 Å². The summed E-state index contributed by atoms with van der Waals surface area (Å²) in [6.45, 7) is 0. The highest BCUT2D eigenvalue weighted by atomic mass is 35.5. The summed E-state index contributed by atoms with van der Waals surface area (Å²) in [6.07, 6.45) is -2.91. The quantitative estimate of drug-likeness (QED) is 0.840. The van der Waals surface area contributed by atoms with E-state index in [9.17, 15) is 17.2 Å². The van der Waals surface area contributed by atoms with Crippen molar-refractivity contribution < 1.29 is 17.2 Å². The molecule has 0 atom stereocenters. The first-order valence-corrected chi connectivity index (χ1v) is 5.92. The molecule has 0 aliphatic rings. The molecule has 0 saturated carbocycles. The van der Waals surface area contributed by atoms with E-state index in [1.54, 1.807) is 0 Å². The minimum absolute atomic E-state index is 0.0327. The second kappa shape index (κ2) is 4.32. The molecular weight excluding hydrogens is 248 g/mol. The molecule has 0 fully saturated rings. The molecule has 1 aromatic carbocycles. The van der Waals surface area contributed by atoms with Crippen LogP contribution in [-0.4, -0.2) is 20.6 Å². The molecule has 7 heteroatoms. The van der Waals surface area contributed by atoms with Crippen LogP contribution in [0.15, 0.2) is 23.1 Å². The van der Waals surface area contributed by atoms with E-state index in [2.05, 4.69) is 0 Å². The van der Waals surface area contributed by atoms with Gasteiger partial charge in [0.15, 0.2) is 9.84 Å². The summed E-state index contributed by atoms with van der Waals surface area (Å²) in [5, 5.41) is 0.0327. The lowest BCUT2D eigenvalue weighted by molar-refractivity contribution is 0.174. The molecule has 84 valence electrons. The average Bonchev–Trinajstić information content (AvgIpc) is 2.07. The molecule has 0 aromatic heterocycles. The molecule has 15 heavy (non-hydrogen) atoms. The molecule has 0 unspecified atom stereocenters. The number of hydrogen-bond donors (Lipinski definition) is 1. The molecule has 0 heterocycles. The van der Waals surface area contributed by atoms with E-state index in [4.69, 9.17) is 17.3 Å². The van der Waals surface area contributed by atoms with Crippen molar-refractivity contribution in [2.45, 2.75) is 11.3 Å². The Morgan fingerprint density at radius 1 is 1.40 bits per heavy atom. The van der Waals surface area contributed by atoms with E-state index in [0.29, 0.717) is 0 Å². The lowest BCUT2D eigenvalue weighted by atomic mass is 10.3. The summed E-state index contributed by atoms with van der Waals surface area (Å²) in [7, 11) is -3.99. The number of sulfone groups is 1. The number of nitrogens with two attached hydrogens (primary N) is 1. The Morgan fingerprint density at radius 3 is 2.47 bits per heavy atom. The van der Waals surface area contributed by atoms with Gasteiger partial charge >= 0.3 is 0 Å². The Kier molecular flexibility index (Phi) is 3.51. The van der Waals surface area contributed by atoms with Crippen LogP contribution in [0.1, 0.15) is 0 Å². The number of alkyl halides is 2. The SMILES string of the molecule is Nc1ccc(S(=O)(=O)CC(F)F)cc1Cl. The minimum Gasteiger partial charge on any atom is -0.398 e. The lowest BCUT2D eigenvalue weighted by Gasteiger charge is -2.05. The van der Waals surface area contributed by atoms with Crippen molar-refractivity contribution in [2.75, 3.05) is 11.5 Å². The second-order valence-electron chi connectivity index (χ2n) is 2.86. The van der Waals surface area contributed by atoms with Crippen LogP contribution in [-0.2, 0) is 9.84 Å². The fraction of sp³-hybridized carbons (Fsp3) is 0.250. The first kappa shape index (κ1) is 12.2. The summed E-state index contributed by atoms with van der Waals surface area (Å²) in [4.78, 5) is -0.248. The van der Waals surface area contributed by atoms with Crippen LogP contribution in [0.3, 0.4) is 0 Å². The van der Waals surface area contributed by atoms with Gasteiger partial charge in [0, 0.05) is 0 Å². The Labute approximate surface area is 90.8 Å². The largest absolute Gasteiger partial charge is 0.398 e. The summed E-state index contributed by atoms with van der Waals surface area (Å²) in [6, 6.07) is 3.48. The zero-order chi connectivity index (χ0) is 11.6. The fourth-order valence-corrected chi connectivity index (χ4v) is 2.31. The molecular formula is C8H8ClF2NO2S. The number of rotatable bonds is 3. The average molecular weight is 256 g/mol. The second-order valence-corrected chi connectivity index (χ2v) is 5.30. The van der Waals surface area contributed by atoms with Gasteiger partial charge in [-0.05, 0) is 18.2 Å². The molecule has 0 amide bonds. The Morgan fingerprint density at radius 2 is 2.00 bits per heavy atom. The van der Waals surface area contributed by atoms with Crippen LogP contribution in [0, 0.1) is 0 Å². The maximum atomic E-state index is 12.0. The number of halogens is 3. The molecule has 0 saturated heterocycles. The van der Waals surface area contributed by atoms with Crippen molar-refractivity contribution >= 4 is 27.1 Å². The van der Waals surface area contributed by atoms with E-state index in [-0.39, 0.29) is 15.6 Å². The van der Waals surface area contributed by atoms with Crippen LogP contribution >= 0.6 is 11.6 Å². The smallest absolute Gasteiger partial charge is 0.252 e. The predicted octanol–water partition coefficient (Wildman–Crippen LogP) is 1.96.